The fourth-order valence-corrected chi connectivity index (χ4v) is 6.28. The molecule has 0 aliphatic heterocycles. The molecule has 32 heavy (non-hydrogen) atoms. The maximum atomic E-state index is 13.4. The Labute approximate surface area is 191 Å². The molecule has 1 aromatic carbocycles. The van der Waals surface area contributed by atoms with Crippen LogP contribution in [0.4, 0.5) is 8.78 Å². The lowest BCUT2D eigenvalue weighted by Gasteiger charge is -2.23. The largest absolute Gasteiger partial charge is 0.310 e. The third kappa shape index (κ3) is 4.00. The highest BCUT2D eigenvalue weighted by Crippen LogP contribution is 2.34. The molecule has 2 atom stereocenters. The second kappa shape index (κ2) is 8.46. The van der Waals surface area contributed by atoms with Crippen LogP contribution >= 0.6 is 22.7 Å². The van der Waals surface area contributed by atoms with E-state index < -0.39 is 11.6 Å². The smallest absolute Gasteiger partial charge is 0.262 e. The summed E-state index contributed by atoms with van der Waals surface area (Å²) in [7, 11) is 0. The number of halogens is 2. The van der Waals surface area contributed by atoms with Gasteiger partial charge in [-0.1, -0.05) is 0 Å². The van der Waals surface area contributed by atoms with Crippen molar-refractivity contribution >= 4 is 32.9 Å². The molecule has 0 bridgehead atoms. The number of nitrogens with one attached hydrogen (secondary N) is 1. The van der Waals surface area contributed by atoms with E-state index in [1.807, 2.05) is 19.2 Å². The lowest BCUT2D eigenvalue weighted by atomic mass is 9.93. The van der Waals surface area contributed by atoms with Crippen LogP contribution in [-0.4, -0.2) is 20.6 Å². The average molecular weight is 473 g/mol. The Morgan fingerprint density at radius 3 is 2.78 bits per heavy atom. The summed E-state index contributed by atoms with van der Waals surface area (Å²) in [5.41, 5.74) is 2.53. The quantitative estimate of drug-likeness (QED) is 0.455. The summed E-state index contributed by atoms with van der Waals surface area (Å²) in [6, 6.07) is 3.58. The third-order valence-corrected chi connectivity index (χ3v) is 7.95. The molecule has 9 heteroatoms. The van der Waals surface area contributed by atoms with E-state index in [-0.39, 0.29) is 17.6 Å². The van der Waals surface area contributed by atoms with Crippen LogP contribution in [0.2, 0.25) is 0 Å². The molecule has 5 rings (SSSR count). The molecule has 166 valence electrons. The number of rotatable bonds is 5. The van der Waals surface area contributed by atoms with Gasteiger partial charge in [-0.05, 0) is 56.4 Å². The first-order chi connectivity index (χ1) is 15.4. The monoisotopic (exact) mass is 472 g/mol. The van der Waals surface area contributed by atoms with Gasteiger partial charge >= 0.3 is 0 Å². The van der Waals surface area contributed by atoms with Gasteiger partial charge in [-0.3, -0.25) is 9.36 Å². The molecule has 0 spiro atoms. The highest BCUT2D eigenvalue weighted by Gasteiger charge is 2.26. The summed E-state index contributed by atoms with van der Waals surface area (Å²) in [5.74, 6) is -1.14. The minimum atomic E-state index is -0.568. The van der Waals surface area contributed by atoms with Crippen molar-refractivity contribution in [3.05, 3.63) is 78.6 Å². The summed E-state index contributed by atoms with van der Waals surface area (Å²) < 4.78 is 28.5. The number of nitrogens with zero attached hydrogens (tertiary/aromatic N) is 3. The number of fused-ring (bicyclic) bond motifs is 3. The van der Waals surface area contributed by atoms with Crippen LogP contribution in [0.3, 0.4) is 0 Å². The van der Waals surface area contributed by atoms with E-state index in [1.165, 1.54) is 12.1 Å². The molecule has 0 fully saturated rings. The topological polar surface area (TPSA) is 59.8 Å². The highest BCUT2D eigenvalue weighted by molar-refractivity contribution is 7.18. The number of hydrogen-bond acceptors (Lipinski definition) is 6. The van der Waals surface area contributed by atoms with Gasteiger partial charge in [0.2, 0.25) is 0 Å². The molecule has 4 aromatic rings. The predicted octanol–water partition coefficient (Wildman–Crippen LogP) is 4.76. The van der Waals surface area contributed by atoms with Crippen LogP contribution in [0, 0.1) is 18.6 Å². The molecule has 0 amide bonds. The number of benzene rings is 1. The highest BCUT2D eigenvalue weighted by atomic mass is 32.1. The zero-order valence-electron chi connectivity index (χ0n) is 17.7. The van der Waals surface area contributed by atoms with Crippen LogP contribution in [0.5, 0.6) is 0 Å². The molecule has 0 radical (unpaired) electrons. The molecule has 0 saturated heterocycles. The fourth-order valence-electron chi connectivity index (χ4n) is 4.32. The molecule has 1 aliphatic carbocycles. The Balaban J connectivity index is 1.38. The lowest BCUT2D eigenvalue weighted by Crippen LogP contribution is -2.34. The van der Waals surface area contributed by atoms with Crippen molar-refractivity contribution in [2.45, 2.75) is 51.7 Å². The number of aryl methyl sites for hydroxylation is 2. The van der Waals surface area contributed by atoms with E-state index in [9.17, 15) is 13.6 Å². The fraction of sp³-hybridized carbons (Fsp3) is 0.348. The van der Waals surface area contributed by atoms with Crippen LogP contribution in [0.25, 0.3) is 10.2 Å². The Bertz CT molecular complexity index is 1340. The van der Waals surface area contributed by atoms with Gasteiger partial charge < -0.3 is 5.32 Å². The Morgan fingerprint density at radius 1 is 1.28 bits per heavy atom. The lowest BCUT2D eigenvalue weighted by molar-refractivity contribution is 0.460. The van der Waals surface area contributed by atoms with Gasteiger partial charge in [-0.15, -0.1) is 22.7 Å². The Kier molecular flexibility index (Phi) is 5.65. The van der Waals surface area contributed by atoms with Crippen molar-refractivity contribution in [3.63, 3.8) is 0 Å². The Morgan fingerprint density at radius 2 is 2.06 bits per heavy atom. The summed E-state index contributed by atoms with van der Waals surface area (Å²) in [6.45, 7) is 4.32. The van der Waals surface area contributed by atoms with Gasteiger partial charge in [0.15, 0.2) is 0 Å². The predicted molar refractivity (Wildman–Crippen MR) is 124 cm³/mol. The van der Waals surface area contributed by atoms with Gasteiger partial charge in [0, 0.05) is 28.9 Å². The minimum Gasteiger partial charge on any atom is -0.310 e. The molecule has 0 saturated carbocycles. The molecule has 3 aromatic heterocycles. The van der Waals surface area contributed by atoms with Crippen LogP contribution in [0.1, 0.15) is 46.1 Å². The van der Waals surface area contributed by atoms with Gasteiger partial charge in [-0.2, -0.15) is 0 Å². The summed E-state index contributed by atoms with van der Waals surface area (Å²) in [5, 5.41) is 7.09. The van der Waals surface area contributed by atoms with Gasteiger partial charge in [0.25, 0.3) is 5.56 Å². The molecule has 3 heterocycles. The number of thiazole rings is 1. The van der Waals surface area contributed by atoms with E-state index in [2.05, 4.69) is 15.3 Å². The van der Waals surface area contributed by atoms with Gasteiger partial charge in [-0.25, -0.2) is 18.7 Å². The van der Waals surface area contributed by atoms with Crippen molar-refractivity contribution in [1.82, 2.24) is 19.9 Å². The van der Waals surface area contributed by atoms with Crippen molar-refractivity contribution in [1.29, 1.82) is 0 Å². The first-order valence-electron chi connectivity index (χ1n) is 10.5. The maximum Gasteiger partial charge on any atom is 0.262 e. The summed E-state index contributed by atoms with van der Waals surface area (Å²) >= 11 is 3.14. The van der Waals surface area contributed by atoms with Crippen LogP contribution < -0.4 is 10.9 Å². The zero-order valence-corrected chi connectivity index (χ0v) is 19.3. The molecule has 5 nitrogen and oxygen atoms in total. The molecular formula is C23H22F2N4OS2. The number of aromatic nitrogens is 3. The van der Waals surface area contributed by atoms with E-state index >= 15 is 0 Å². The van der Waals surface area contributed by atoms with Crippen molar-refractivity contribution in [2.75, 3.05) is 0 Å². The third-order valence-electron chi connectivity index (χ3n) is 5.99. The normalized spacial score (nSPS) is 16.9. The second-order valence-electron chi connectivity index (χ2n) is 8.21. The SMILES string of the molecule is Cc1nc([C@H](C)n2cnc3sc4c(c3c2=O)CC[C@@H](NCc2cc(F)cc(F)c2)C4)cs1. The minimum absolute atomic E-state index is 0.0210. The van der Waals surface area contributed by atoms with Gasteiger partial charge in [0.1, 0.15) is 16.5 Å². The van der Waals surface area contributed by atoms with E-state index in [0.717, 1.165) is 56.7 Å². The van der Waals surface area contributed by atoms with E-state index in [1.54, 1.807) is 33.6 Å². The number of hydrogen-bond donors (Lipinski definition) is 1. The average Bonchev–Trinajstić information content (AvgIpc) is 3.34. The summed E-state index contributed by atoms with van der Waals surface area (Å²) in [6.07, 6.45) is 4.02. The molecule has 1 aliphatic rings. The van der Waals surface area contributed by atoms with E-state index in [4.69, 9.17) is 0 Å². The number of thiophene rings is 1. The first-order valence-corrected chi connectivity index (χ1v) is 12.2. The van der Waals surface area contributed by atoms with Gasteiger partial charge in [0.05, 0.1) is 28.5 Å². The van der Waals surface area contributed by atoms with Crippen LogP contribution in [0.15, 0.2) is 34.7 Å². The molecule has 1 N–H and O–H groups in total. The first kappa shape index (κ1) is 21.4. The summed E-state index contributed by atoms with van der Waals surface area (Å²) in [4.78, 5) is 24.4. The van der Waals surface area contributed by atoms with Crippen molar-refractivity contribution in [2.24, 2.45) is 0 Å². The van der Waals surface area contributed by atoms with Crippen molar-refractivity contribution < 1.29 is 8.78 Å². The van der Waals surface area contributed by atoms with Crippen molar-refractivity contribution in [3.8, 4) is 0 Å². The maximum absolute atomic E-state index is 13.4. The zero-order chi connectivity index (χ0) is 22.4. The Hall–Kier alpha value is -2.49. The second-order valence-corrected chi connectivity index (χ2v) is 10.4. The van der Waals surface area contributed by atoms with Crippen LogP contribution in [-0.2, 0) is 19.4 Å². The molecule has 0 unspecified atom stereocenters. The van der Waals surface area contributed by atoms with E-state index in [0.29, 0.717) is 12.1 Å². The standard InChI is InChI=1S/C23H22F2N4OS2/c1-12(19-10-31-13(2)28-19)29-11-27-22-21(23(29)30)18-4-3-17(8-20(18)32-22)26-9-14-5-15(24)7-16(25)6-14/h5-7,10-12,17,26H,3-4,8-9H2,1-2H3/t12-,17+/m0/s1. The molecular weight excluding hydrogens is 450 g/mol.